The van der Waals surface area contributed by atoms with Crippen LogP contribution >= 0.6 is 0 Å². The Bertz CT molecular complexity index is 611. The van der Waals surface area contributed by atoms with E-state index in [2.05, 4.69) is 0 Å². The standard InChI is InChI=1S/C13H16F3NO4S/c1-3-9(2)21-12(18)8-17-22(19,20)11-6-4-10(5-7-11)13(14,15)16/h4-7,9,17H,3,8H2,1-2H3. The molecule has 0 spiro atoms. The van der Waals surface area contributed by atoms with Crippen molar-refractivity contribution in [1.82, 2.24) is 4.72 Å². The summed E-state index contributed by atoms with van der Waals surface area (Å²) in [4.78, 5) is 11.0. The Labute approximate surface area is 126 Å². The van der Waals surface area contributed by atoms with Crippen molar-refractivity contribution in [1.29, 1.82) is 0 Å². The van der Waals surface area contributed by atoms with Crippen LogP contribution in [0.4, 0.5) is 13.2 Å². The molecule has 1 rings (SSSR count). The largest absolute Gasteiger partial charge is 0.462 e. The Morgan fingerprint density at radius 2 is 1.82 bits per heavy atom. The quantitative estimate of drug-likeness (QED) is 0.808. The van der Waals surface area contributed by atoms with Gasteiger partial charge in [0, 0.05) is 0 Å². The molecule has 1 atom stereocenters. The van der Waals surface area contributed by atoms with Crippen molar-refractivity contribution < 1.29 is 31.1 Å². The molecule has 0 amide bonds. The van der Waals surface area contributed by atoms with E-state index in [9.17, 15) is 26.4 Å². The monoisotopic (exact) mass is 339 g/mol. The van der Waals surface area contributed by atoms with Crippen LogP contribution in [-0.2, 0) is 25.7 Å². The first-order chi connectivity index (χ1) is 10.1. The summed E-state index contributed by atoms with van der Waals surface area (Å²) in [7, 11) is -4.08. The first-order valence-corrected chi connectivity index (χ1v) is 7.91. The molecule has 0 aliphatic carbocycles. The van der Waals surface area contributed by atoms with Crippen LogP contribution < -0.4 is 4.72 Å². The van der Waals surface area contributed by atoms with Crippen LogP contribution in [0, 0.1) is 0 Å². The Kier molecular flexibility index (Phi) is 5.95. The van der Waals surface area contributed by atoms with Crippen LogP contribution in [0.15, 0.2) is 29.2 Å². The highest BCUT2D eigenvalue weighted by atomic mass is 32.2. The van der Waals surface area contributed by atoms with Gasteiger partial charge >= 0.3 is 12.1 Å². The maximum Gasteiger partial charge on any atom is 0.416 e. The molecule has 1 N–H and O–H groups in total. The third-order valence-corrected chi connectivity index (χ3v) is 4.22. The van der Waals surface area contributed by atoms with Gasteiger partial charge in [-0.15, -0.1) is 0 Å². The van der Waals surface area contributed by atoms with Crippen LogP contribution in [0.5, 0.6) is 0 Å². The first kappa shape index (κ1) is 18.4. The summed E-state index contributed by atoms with van der Waals surface area (Å²) in [6.45, 7) is 2.86. The SMILES string of the molecule is CCC(C)OC(=O)CNS(=O)(=O)c1ccc(C(F)(F)F)cc1. The number of ether oxygens (including phenoxy) is 1. The lowest BCUT2D eigenvalue weighted by Crippen LogP contribution is -2.32. The molecule has 22 heavy (non-hydrogen) atoms. The van der Waals surface area contributed by atoms with Crippen molar-refractivity contribution in [2.75, 3.05) is 6.54 Å². The molecule has 0 aliphatic heterocycles. The molecule has 1 aromatic carbocycles. The van der Waals surface area contributed by atoms with Crippen LogP contribution in [0.2, 0.25) is 0 Å². The number of nitrogens with one attached hydrogen (secondary N) is 1. The highest BCUT2D eigenvalue weighted by Crippen LogP contribution is 2.29. The molecule has 1 unspecified atom stereocenters. The molecule has 0 aromatic heterocycles. The molecule has 0 bridgehead atoms. The molecule has 5 nitrogen and oxygen atoms in total. The van der Waals surface area contributed by atoms with Gasteiger partial charge in [0.25, 0.3) is 0 Å². The summed E-state index contributed by atoms with van der Waals surface area (Å²) < 4.78 is 67.8. The second-order valence-corrected chi connectivity index (χ2v) is 6.32. The van der Waals surface area contributed by atoms with Gasteiger partial charge in [-0.2, -0.15) is 17.9 Å². The first-order valence-electron chi connectivity index (χ1n) is 6.42. The zero-order valence-electron chi connectivity index (χ0n) is 12.0. The van der Waals surface area contributed by atoms with Crippen LogP contribution in [0.1, 0.15) is 25.8 Å². The Morgan fingerprint density at radius 3 is 2.27 bits per heavy atom. The average molecular weight is 339 g/mol. The summed E-state index contributed by atoms with van der Waals surface area (Å²) in [5.41, 5.74) is -0.956. The van der Waals surface area contributed by atoms with E-state index in [0.717, 1.165) is 12.1 Å². The van der Waals surface area contributed by atoms with Crippen molar-refractivity contribution in [2.24, 2.45) is 0 Å². The van der Waals surface area contributed by atoms with Gasteiger partial charge in [-0.1, -0.05) is 6.92 Å². The minimum absolute atomic E-state index is 0.344. The number of esters is 1. The number of sulfonamides is 1. The zero-order chi connectivity index (χ0) is 17.0. The fourth-order valence-corrected chi connectivity index (χ4v) is 2.38. The fourth-order valence-electron chi connectivity index (χ4n) is 1.41. The lowest BCUT2D eigenvalue weighted by molar-refractivity contribution is -0.146. The molecule has 0 radical (unpaired) electrons. The molecule has 0 heterocycles. The van der Waals surface area contributed by atoms with E-state index < -0.39 is 34.3 Å². The number of benzene rings is 1. The normalized spacial score (nSPS) is 13.7. The van der Waals surface area contributed by atoms with Crippen molar-refractivity contribution in [2.45, 2.75) is 37.4 Å². The number of carbonyl (C=O) groups is 1. The van der Waals surface area contributed by atoms with Gasteiger partial charge in [-0.25, -0.2) is 8.42 Å². The van der Waals surface area contributed by atoms with E-state index in [1.54, 1.807) is 13.8 Å². The Balaban J connectivity index is 2.73. The van der Waals surface area contributed by atoms with Crippen LogP contribution in [0.3, 0.4) is 0 Å². The predicted octanol–water partition coefficient (Wildman–Crippen LogP) is 2.33. The Morgan fingerprint density at radius 1 is 1.27 bits per heavy atom. The topological polar surface area (TPSA) is 72.5 Å². The summed E-state index contributed by atoms with van der Waals surface area (Å²) in [5, 5.41) is 0. The highest BCUT2D eigenvalue weighted by Gasteiger charge is 2.30. The summed E-state index contributed by atoms with van der Waals surface area (Å²) in [6, 6.07) is 2.97. The van der Waals surface area contributed by atoms with Gasteiger partial charge in [0.2, 0.25) is 10.0 Å². The fraction of sp³-hybridized carbons (Fsp3) is 0.462. The van der Waals surface area contributed by atoms with Gasteiger partial charge in [-0.05, 0) is 37.6 Å². The van der Waals surface area contributed by atoms with Crippen LogP contribution in [-0.4, -0.2) is 27.0 Å². The lowest BCUT2D eigenvalue weighted by Gasteiger charge is -2.12. The molecular formula is C13H16F3NO4S. The highest BCUT2D eigenvalue weighted by molar-refractivity contribution is 7.89. The van der Waals surface area contributed by atoms with Gasteiger partial charge in [0.1, 0.15) is 6.54 Å². The molecular weight excluding hydrogens is 323 g/mol. The van der Waals surface area contributed by atoms with E-state index in [-0.39, 0.29) is 11.0 Å². The van der Waals surface area contributed by atoms with E-state index in [1.807, 2.05) is 4.72 Å². The van der Waals surface area contributed by atoms with E-state index in [0.29, 0.717) is 18.6 Å². The number of carbonyl (C=O) groups excluding carboxylic acids is 1. The minimum atomic E-state index is -4.55. The number of hydrogen-bond donors (Lipinski definition) is 1. The molecule has 0 fully saturated rings. The second-order valence-electron chi connectivity index (χ2n) is 4.56. The van der Waals surface area contributed by atoms with Gasteiger partial charge in [0.15, 0.2) is 0 Å². The third-order valence-electron chi connectivity index (χ3n) is 2.81. The molecule has 0 saturated heterocycles. The minimum Gasteiger partial charge on any atom is -0.462 e. The number of rotatable bonds is 6. The van der Waals surface area contributed by atoms with Gasteiger partial charge < -0.3 is 4.74 Å². The second kappa shape index (κ2) is 7.10. The summed E-state index contributed by atoms with van der Waals surface area (Å²) in [5.74, 6) is -0.759. The average Bonchev–Trinajstić information content (AvgIpc) is 2.44. The zero-order valence-corrected chi connectivity index (χ0v) is 12.8. The van der Waals surface area contributed by atoms with Gasteiger partial charge in [0.05, 0.1) is 16.6 Å². The lowest BCUT2D eigenvalue weighted by atomic mass is 10.2. The van der Waals surface area contributed by atoms with Crippen LogP contribution in [0.25, 0.3) is 0 Å². The van der Waals surface area contributed by atoms with E-state index in [4.69, 9.17) is 4.74 Å². The molecule has 124 valence electrons. The number of halogens is 3. The van der Waals surface area contributed by atoms with Crippen molar-refractivity contribution in [3.8, 4) is 0 Å². The van der Waals surface area contributed by atoms with Gasteiger partial charge in [-0.3, -0.25) is 4.79 Å². The summed E-state index contributed by atoms with van der Waals surface area (Å²) in [6.07, 6.45) is -4.31. The predicted molar refractivity (Wildman–Crippen MR) is 72.5 cm³/mol. The van der Waals surface area contributed by atoms with Crippen molar-refractivity contribution in [3.63, 3.8) is 0 Å². The number of alkyl halides is 3. The Hall–Kier alpha value is -1.61. The smallest absolute Gasteiger partial charge is 0.416 e. The van der Waals surface area contributed by atoms with Crippen molar-refractivity contribution >= 4 is 16.0 Å². The summed E-state index contributed by atoms with van der Waals surface area (Å²) >= 11 is 0. The maximum absolute atomic E-state index is 12.4. The molecule has 0 aliphatic rings. The molecule has 1 aromatic rings. The molecule has 9 heteroatoms. The third kappa shape index (κ3) is 5.30. The van der Waals surface area contributed by atoms with E-state index >= 15 is 0 Å². The maximum atomic E-state index is 12.4. The molecule has 0 saturated carbocycles. The van der Waals surface area contributed by atoms with Crippen molar-refractivity contribution in [3.05, 3.63) is 29.8 Å². The van der Waals surface area contributed by atoms with E-state index in [1.165, 1.54) is 0 Å². The number of hydrogen-bond acceptors (Lipinski definition) is 4.